The van der Waals surface area contributed by atoms with E-state index in [1.165, 1.54) is 0 Å². The van der Waals surface area contributed by atoms with Crippen LogP contribution in [0.5, 0.6) is 0 Å². The van der Waals surface area contributed by atoms with Gasteiger partial charge < -0.3 is 9.47 Å². The minimum Gasteiger partial charge on any atom is -0.349 e. The van der Waals surface area contributed by atoms with Crippen LogP contribution in [0, 0.1) is 11.3 Å². The van der Waals surface area contributed by atoms with Gasteiger partial charge in [0.15, 0.2) is 0 Å². The predicted molar refractivity (Wildman–Crippen MR) is 60.6 cm³/mol. The first kappa shape index (κ1) is 12.2. The Bertz CT molecular complexity index is 344. The third kappa shape index (κ3) is 2.37. The minimum absolute atomic E-state index is 0.527. The molecule has 0 atom stereocenters. The number of hydrogen-bond acceptors (Lipinski definition) is 3. The summed E-state index contributed by atoms with van der Waals surface area (Å²) in [6.07, 6.45) is 0. The summed E-state index contributed by atoms with van der Waals surface area (Å²) in [6, 6.07) is 9.20. The average molecular weight is 270 g/mol. The first-order chi connectivity index (χ1) is 7.22. The van der Waals surface area contributed by atoms with Gasteiger partial charge in [0, 0.05) is 19.8 Å². The molecule has 0 saturated heterocycles. The molecule has 0 aromatic heterocycles. The highest BCUT2D eigenvalue weighted by atomic mass is 79.9. The maximum atomic E-state index is 8.68. The van der Waals surface area contributed by atoms with Crippen molar-refractivity contribution >= 4 is 15.9 Å². The Balaban J connectivity index is 3.08. The molecular formula is C11H12BrNO2. The molecule has 0 amide bonds. The van der Waals surface area contributed by atoms with Crippen LogP contribution in [0.3, 0.4) is 0 Å². The van der Waals surface area contributed by atoms with Crippen molar-refractivity contribution in [3.63, 3.8) is 0 Å². The lowest BCUT2D eigenvalue weighted by Gasteiger charge is -2.29. The molecule has 0 saturated carbocycles. The number of halogens is 1. The van der Waals surface area contributed by atoms with Crippen LogP contribution < -0.4 is 0 Å². The van der Waals surface area contributed by atoms with Gasteiger partial charge in [-0.1, -0.05) is 28.1 Å². The molecule has 0 N–H and O–H groups in total. The number of alkyl halides is 1. The molecule has 0 heterocycles. The van der Waals surface area contributed by atoms with Crippen molar-refractivity contribution in [2.45, 2.75) is 5.79 Å². The molecule has 1 aromatic rings. The van der Waals surface area contributed by atoms with Gasteiger partial charge in [0.1, 0.15) is 0 Å². The van der Waals surface area contributed by atoms with E-state index in [1.807, 2.05) is 12.1 Å². The second-order valence-corrected chi connectivity index (χ2v) is 3.54. The van der Waals surface area contributed by atoms with E-state index in [-0.39, 0.29) is 0 Å². The van der Waals surface area contributed by atoms with Crippen LogP contribution in [-0.4, -0.2) is 19.5 Å². The van der Waals surface area contributed by atoms with Gasteiger partial charge in [-0.15, -0.1) is 0 Å². The van der Waals surface area contributed by atoms with Crippen molar-refractivity contribution in [2.75, 3.05) is 19.5 Å². The Morgan fingerprint density at radius 1 is 1.27 bits per heavy atom. The van der Waals surface area contributed by atoms with Crippen LogP contribution in [0.2, 0.25) is 0 Å². The first-order valence-corrected chi connectivity index (χ1v) is 5.51. The summed E-state index contributed by atoms with van der Waals surface area (Å²) in [5.41, 5.74) is 1.50. The summed E-state index contributed by atoms with van der Waals surface area (Å²) in [6.45, 7) is 0. The molecule has 0 aliphatic carbocycles. The Kier molecular flexibility index (Phi) is 4.28. The molecule has 0 radical (unpaired) electrons. The van der Waals surface area contributed by atoms with Gasteiger partial charge in [-0.05, 0) is 12.1 Å². The number of rotatable bonds is 4. The van der Waals surface area contributed by atoms with Gasteiger partial charge in [0.05, 0.1) is 17.0 Å². The quantitative estimate of drug-likeness (QED) is 0.623. The number of ether oxygens (including phenoxy) is 2. The third-order valence-electron chi connectivity index (χ3n) is 2.29. The summed E-state index contributed by atoms with van der Waals surface area (Å²) in [7, 11) is 3.17. The Morgan fingerprint density at radius 2 is 1.80 bits per heavy atom. The number of hydrogen-bond donors (Lipinski definition) is 0. The minimum atomic E-state index is -0.784. The summed E-state index contributed by atoms with van der Waals surface area (Å²) < 4.78 is 10.7. The highest BCUT2D eigenvalue weighted by Gasteiger charge is 2.30. The largest absolute Gasteiger partial charge is 0.349 e. The van der Waals surface area contributed by atoms with E-state index in [4.69, 9.17) is 14.7 Å². The number of benzene rings is 1. The predicted octanol–water partition coefficient (Wildman–Crippen LogP) is 2.40. The van der Waals surface area contributed by atoms with Crippen molar-refractivity contribution in [2.24, 2.45) is 0 Å². The molecule has 0 unspecified atom stereocenters. The lowest BCUT2D eigenvalue weighted by molar-refractivity contribution is -0.196. The van der Waals surface area contributed by atoms with Gasteiger partial charge in [0.2, 0.25) is 5.79 Å². The smallest absolute Gasteiger partial charge is 0.204 e. The Hall–Kier alpha value is -0.890. The molecular weight excluding hydrogens is 258 g/mol. The topological polar surface area (TPSA) is 42.2 Å². The zero-order valence-corrected chi connectivity index (χ0v) is 10.2. The zero-order valence-electron chi connectivity index (χ0n) is 8.66. The van der Waals surface area contributed by atoms with Gasteiger partial charge in [-0.2, -0.15) is 5.26 Å². The number of nitrogens with zero attached hydrogens (tertiary/aromatic N) is 1. The summed E-state index contributed by atoms with van der Waals surface area (Å²) in [4.78, 5) is 0. The van der Waals surface area contributed by atoms with Crippen molar-refractivity contribution in [3.05, 3.63) is 35.4 Å². The lowest BCUT2D eigenvalue weighted by atomic mass is 10.1. The summed E-state index contributed by atoms with van der Waals surface area (Å²) in [5, 5.41) is 9.21. The molecule has 4 heteroatoms. The fraction of sp³-hybridized carbons (Fsp3) is 0.364. The number of methoxy groups -OCH3 is 2. The Labute approximate surface area is 97.7 Å². The van der Waals surface area contributed by atoms with E-state index in [1.54, 1.807) is 26.4 Å². The fourth-order valence-electron chi connectivity index (χ4n) is 1.30. The standard InChI is InChI=1S/C11H12BrNO2/c1-14-11(8-12,15-2)10-5-3-9(7-13)4-6-10/h3-6H,8H2,1-2H3. The summed E-state index contributed by atoms with van der Waals surface area (Å²) in [5.74, 6) is -0.784. The maximum absolute atomic E-state index is 8.68. The molecule has 80 valence electrons. The first-order valence-electron chi connectivity index (χ1n) is 4.39. The van der Waals surface area contributed by atoms with Gasteiger partial charge in [0.25, 0.3) is 0 Å². The van der Waals surface area contributed by atoms with E-state index in [2.05, 4.69) is 22.0 Å². The molecule has 15 heavy (non-hydrogen) atoms. The molecule has 1 aromatic carbocycles. The maximum Gasteiger partial charge on any atom is 0.204 e. The summed E-state index contributed by atoms with van der Waals surface area (Å²) >= 11 is 3.35. The van der Waals surface area contributed by atoms with Crippen molar-refractivity contribution in [1.29, 1.82) is 5.26 Å². The number of nitriles is 1. The van der Waals surface area contributed by atoms with Crippen LogP contribution in [0.15, 0.2) is 24.3 Å². The van der Waals surface area contributed by atoms with Gasteiger partial charge in [-0.3, -0.25) is 0 Å². The van der Waals surface area contributed by atoms with E-state index >= 15 is 0 Å². The van der Waals surface area contributed by atoms with Gasteiger partial charge in [-0.25, -0.2) is 0 Å². The van der Waals surface area contributed by atoms with E-state index in [0.29, 0.717) is 10.9 Å². The molecule has 0 spiro atoms. The van der Waals surface area contributed by atoms with Crippen molar-refractivity contribution in [1.82, 2.24) is 0 Å². The highest BCUT2D eigenvalue weighted by molar-refractivity contribution is 9.09. The normalized spacial score (nSPS) is 11.1. The van der Waals surface area contributed by atoms with E-state index in [9.17, 15) is 0 Å². The SMILES string of the molecule is COC(CBr)(OC)c1ccc(C#N)cc1. The average Bonchev–Trinajstić information content (AvgIpc) is 2.33. The van der Waals surface area contributed by atoms with E-state index in [0.717, 1.165) is 5.56 Å². The van der Waals surface area contributed by atoms with E-state index < -0.39 is 5.79 Å². The second-order valence-electron chi connectivity index (χ2n) is 2.98. The van der Waals surface area contributed by atoms with Crippen LogP contribution in [0.4, 0.5) is 0 Å². The third-order valence-corrected chi connectivity index (χ3v) is 3.03. The van der Waals surface area contributed by atoms with Crippen LogP contribution in [-0.2, 0) is 15.3 Å². The van der Waals surface area contributed by atoms with Gasteiger partial charge >= 0.3 is 0 Å². The monoisotopic (exact) mass is 269 g/mol. The fourth-order valence-corrected chi connectivity index (χ4v) is 2.09. The van der Waals surface area contributed by atoms with Crippen LogP contribution in [0.25, 0.3) is 0 Å². The second kappa shape index (κ2) is 5.26. The lowest BCUT2D eigenvalue weighted by Crippen LogP contribution is -2.32. The van der Waals surface area contributed by atoms with Crippen LogP contribution in [0.1, 0.15) is 11.1 Å². The zero-order chi connectivity index (χ0) is 11.3. The molecule has 0 bridgehead atoms. The Morgan fingerprint density at radius 3 is 2.13 bits per heavy atom. The molecule has 1 rings (SSSR count). The highest BCUT2D eigenvalue weighted by Crippen LogP contribution is 2.28. The van der Waals surface area contributed by atoms with Crippen molar-refractivity contribution in [3.8, 4) is 6.07 Å². The molecule has 0 aliphatic heterocycles. The van der Waals surface area contributed by atoms with Crippen molar-refractivity contribution < 1.29 is 9.47 Å². The molecule has 3 nitrogen and oxygen atoms in total. The molecule has 0 fully saturated rings. The molecule has 0 aliphatic rings. The van der Waals surface area contributed by atoms with Crippen LogP contribution >= 0.6 is 15.9 Å².